The number of thiophene rings is 1. The average Bonchev–Trinajstić information content (AvgIpc) is 3.32. The van der Waals surface area contributed by atoms with Gasteiger partial charge in [-0.25, -0.2) is 0 Å². The first kappa shape index (κ1) is 17.1. The number of carbonyl (C=O) groups is 1. The summed E-state index contributed by atoms with van der Waals surface area (Å²) >= 11 is 1.73. The zero-order valence-electron chi connectivity index (χ0n) is 14.5. The first-order chi connectivity index (χ1) is 12.7. The topological polar surface area (TPSA) is 65.1 Å². The highest BCUT2D eigenvalue weighted by Gasteiger charge is 2.22. The third kappa shape index (κ3) is 3.59. The van der Waals surface area contributed by atoms with Crippen LogP contribution in [0.4, 0.5) is 0 Å². The molecule has 4 rings (SSSR count). The van der Waals surface area contributed by atoms with Crippen LogP contribution in [0.1, 0.15) is 29.7 Å². The molecule has 1 aromatic carbocycles. The Morgan fingerprint density at radius 1 is 1.31 bits per heavy atom. The van der Waals surface area contributed by atoms with Crippen LogP contribution >= 0.6 is 11.3 Å². The third-order valence-electron chi connectivity index (χ3n) is 4.98. The molecule has 0 saturated heterocycles. The van der Waals surface area contributed by atoms with Crippen LogP contribution in [-0.2, 0) is 11.2 Å². The van der Waals surface area contributed by atoms with Gasteiger partial charge in [0.25, 0.3) is 0 Å². The molecule has 3 heterocycles. The van der Waals surface area contributed by atoms with Gasteiger partial charge in [-0.15, -0.1) is 11.3 Å². The number of carbonyl (C=O) groups excluding carboxylic acids is 1. The Labute approximate surface area is 156 Å². The van der Waals surface area contributed by atoms with E-state index >= 15 is 0 Å². The summed E-state index contributed by atoms with van der Waals surface area (Å²) in [6.07, 6.45) is 7.16. The lowest BCUT2D eigenvalue weighted by molar-refractivity contribution is -0.121. The summed E-state index contributed by atoms with van der Waals surface area (Å²) in [6, 6.07) is 9.44. The fourth-order valence-corrected chi connectivity index (χ4v) is 4.37. The first-order valence-corrected chi connectivity index (χ1v) is 9.86. The van der Waals surface area contributed by atoms with Gasteiger partial charge in [0.05, 0.1) is 6.04 Å². The summed E-state index contributed by atoms with van der Waals surface area (Å²) in [5.41, 5.74) is 3.45. The van der Waals surface area contributed by atoms with Gasteiger partial charge < -0.3 is 15.4 Å². The number of H-pyrrole nitrogens is 1. The van der Waals surface area contributed by atoms with Crippen molar-refractivity contribution in [2.75, 3.05) is 6.54 Å². The van der Waals surface area contributed by atoms with Crippen LogP contribution in [0.5, 0.6) is 5.75 Å². The predicted octanol–water partition coefficient (Wildman–Crippen LogP) is 4.27. The second-order valence-electron chi connectivity index (χ2n) is 6.74. The number of aryl methyl sites for hydroxylation is 1. The number of Topliss-reactive ketones (excluding diaryl/α,β-unsaturated/α-hetero) is 1. The van der Waals surface area contributed by atoms with Crippen molar-refractivity contribution in [3.05, 3.63) is 58.4 Å². The van der Waals surface area contributed by atoms with E-state index in [4.69, 9.17) is 0 Å². The minimum absolute atomic E-state index is 0.0795. The highest BCUT2D eigenvalue weighted by atomic mass is 32.1. The van der Waals surface area contributed by atoms with E-state index < -0.39 is 0 Å². The lowest BCUT2D eigenvalue weighted by Gasteiger charge is -2.22. The molecule has 2 aromatic heterocycles. The maximum atomic E-state index is 12.6. The quantitative estimate of drug-likeness (QED) is 0.610. The monoisotopic (exact) mass is 366 g/mol. The number of hydrogen-bond acceptors (Lipinski definition) is 4. The van der Waals surface area contributed by atoms with Gasteiger partial charge in [-0.05, 0) is 60.0 Å². The fraction of sp³-hybridized carbons (Fsp3) is 0.286. The first-order valence-electron chi connectivity index (χ1n) is 8.99. The van der Waals surface area contributed by atoms with Crippen LogP contribution in [-0.4, -0.2) is 28.5 Å². The molecule has 0 radical (unpaired) electrons. The van der Waals surface area contributed by atoms with E-state index in [0.717, 1.165) is 42.3 Å². The Balaban J connectivity index is 1.34. The predicted molar refractivity (Wildman–Crippen MR) is 107 cm³/mol. The molecule has 0 aliphatic carbocycles. The molecule has 1 unspecified atom stereocenters. The Hall–Kier alpha value is -2.37. The third-order valence-corrected chi connectivity index (χ3v) is 5.93. The summed E-state index contributed by atoms with van der Waals surface area (Å²) in [5, 5.41) is 16.1. The fourth-order valence-electron chi connectivity index (χ4n) is 3.59. The van der Waals surface area contributed by atoms with Crippen molar-refractivity contribution in [2.45, 2.75) is 31.7 Å². The number of phenolic OH excluding ortho intramolecular Hbond substituents is 1. The Morgan fingerprint density at radius 3 is 3.08 bits per heavy atom. The molecule has 3 N–H and O–H groups in total. The van der Waals surface area contributed by atoms with Crippen molar-refractivity contribution >= 4 is 33.6 Å². The number of ketones is 1. The van der Waals surface area contributed by atoms with Crippen molar-refractivity contribution in [2.24, 2.45) is 0 Å². The number of phenols is 1. The van der Waals surface area contributed by atoms with Crippen molar-refractivity contribution in [1.82, 2.24) is 10.3 Å². The molecule has 26 heavy (non-hydrogen) atoms. The van der Waals surface area contributed by atoms with E-state index in [1.54, 1.807) is 23.5 Å². The number of aromatic nitrogens is 1. The number of nitrogens with one attached hydrogen (secondary N) is 2. The maximum Gasteiger partial charge on any atom is 0.150 e. The second kappa shape index (κ2) is 7.48. The van der Waals surface area contributed by atoms with Gasteiger partial charge in [-0.2, -0.15) is 0 Å². The summed E-state index contributed by atoms with van der Waals surface area (Å²) in [4.78, 5) is 17.1. The lowest BCUT2D eigenvalue weighted by Crippen LogP contribution is -2.39. The molecule has 134 valence electrons. The number of rotatable bonds is 6. The van der Waals surface area contributed by atoms with Crippen LogP contribution in [0.3, 0.4) is 0 Å². The highest BCUT2D eigenvalue weighted by molar-refractivity contribution is 7.11. The molecule has 1 aliphatic rings. The normalized spacial score (nSPS) is 17.4. The highest BCUT2D eigenvalue weighted by Crippen LogP contribution is 2.27. The van der Waals surface area contributed by atoms with Crippen LogP contribution in [0, 0.1) is 0 Å². The van der Waals surface area contributed by atoms with Crippen molar-refractivity contribution < 1.29 is 9.90 Å². The van der Waals surface area contributed by atoms with E-state index in [2.05, 4.69) is 33.9 Å². The van der Waals surface area contributed by atoms with Crippen molar-refractivity contribution in [1.29, 1.82) is 0 Å². The van der Waals surface area contributed by atoms with Gasteiger partial charge in [0.15, 0.2) is 0 Å². The molecule has 0 saturated carbocycles. The maximum absolute atomic E-state index is 12.6. The lowest BCUT2D eigenvalue weighted by atomic mass is 9.94. The van der Waals surface area contributed by atoms with Gasteiger partial charge in [0.1, 0.15) is 11.5 Å². The van der Waals surface area contributed by atoms with Crippen LogP contribution in [0.2, 0.25) is 0 Å². The average molecular weight is 366 g/mol. The molecule has 1 atom stereocenters. The zero-order valence-corrected chi connectivity index (χ0v) is 15.3. The molecule has 4 nitrogen and oxygen atoms in total. The van der Waals surface area contributed by atoms with Crippen molar-refractivity contribution in [3.63, 3.8) is 0 Å². The molecule has 0 bridgehead atoms. The van der Waals surface area contributed by atoms with E-state index in [0.29, 0.717) is 6.42 Å². The molecular formula is C21H22N2O2S. The summed E-state index contributed by atoms with van der Waals surface area (Å²) in [7, 11) is 0. The molecule has 0 fully saturated rings. The standard InChI is InChI=1S/C21H22N2O2S/c24-16-6-7-18-17(12-16)15(13-23-18)3-1-4-20(25)19-11-14(8-9-22-19)21-5-2-10-26-21/h2,5-8,10,12-13,19,22-24H,1,3-4,9,11H2. The van der Waals surface area contributed by atoms with Crippen LogP contribution < -0.4 is 5.32 Å². The van der Waals surface area contributed by atoms with Crippen LogP contribution in [0.15, 0.2) is 48.0 Å². The van der Waals surface area contributed by atoms with E-state index in [1.807, 2.05) is 12.3 Å². The molecule has 0 spiro atoms. The van der Waals surface area contributed by atoms with Crippen LogP contribution in [0.25, 0.3) is 16.5 Å². The smallest absolute Gasteiger partial charge is 0.150 e. The minimum atomic E-state index is -0.0795. The number of fused-ring (bicyclic) bond motifs is 1. The van der Waals surface area contributed by atoms with Gasteiger partial charge in [-0.1, -0.05) is 12.1 Å². The van der Waals surface area contributed by atoms with Gasteiger partial charge >= 0.3 is 0 Å². The molecule has 1 aliphatic heterocycles. The molecule has 5 heteroatoms. The number of aromatic hydroxyl groups is 1. The number of aromatic amines is 1. The Bertz CT molecular complexity index is 940. The molecule has 0 amide bonds. The van der Waals surface area contributed by atoms with E-state index in [9.17, 15) is 9.90 Å². The zero-order chi connectivity index (χ0) is 17.9. The van der Waals surface area contributed by atoms with E-state index in [1.165, 1.54) is 10.5 Å². The van der Waals surface area contributed by atoms with Gasteiger partial charge in [0.2, 0.25) is 0 Å². The van der Waals surface area contributed by atoms with E-state index in [-0.39, 0.29) is 17.6 Å². The molecular weight excluding hydrogens is 344 g/mol. The molecule has 3 aromatic rings. The summed E-state index contributed by atoms with van der Waals surface area (Å²) in [6.45, 7) is 0.755. The van der Waals surface area contributed by atoms with Gasteiger partial charge in [0, 0.05) is 34.9 Å². The number of hydrogen-bond donors (Lipinski definition) is 3. The SMILES string of the molecule is O=C(CCCc1c[nH]c2ccc(O)cc12)C1CC(c2cccs2)=CCN1. The Morgan fingerprint density at radius 2 is 2.23 bits per heavy atom. The Kier molecular flexibility index (Phi) is 4.91. The number of benzene rings is 1. The second-order valence-corrected chi connectivity index (χ2v) is 7.68. The largest absolute Gasteiger partial charge is 0.508 e. The van der Waals surface area contributed by atoms with Crippen molar-refractivity contribution in [3.8, 4) is 5.75 Å². The van der Waals surface area contributed by atoms with Gasteiger partial charge in [-0.3, -0.25) is 4.79 Å². The summed E-state index contributed by atoms with van der Waals surface area (Å²) < 4.78 is 0. The summed E-state index contributed by atoms with van der Waals surface area (Å²) in [5.74, 6) is 0.559. The minimum Gasteiger partial charge on any atom is -0.508 e.